The van der Waals surface area contributed by atoms with E-state index in [0.29, 0.717) is 0 Å². The summed E-state index contributed by atoms with van der Waals surface area (Å²) in [5.74, 6) is -1.74. The Morgan fingerprint density at radius 2 is 1.96 bits per heavy atom. The van der Waals surface area contributed by atoms with Gasteiger partial charge in [-0.25, -0.2) is 4.79 Å². The molecule has 0 aromatic carbocycles. The average molecular weight is 335 g/mol. The second-order valence-corrected chi connectivity index (χ2v) is 6.59. The number of nitrogens with one attached hydrogen (secondary N) is 1. The first-order valence-electron chi connectivity index (χ1n) is 8.18. The SMILES string of the molecule is CC1CN(c2ccnc(C(=O)N[C@H](C(=O)O)C(C)C)c2)CC(C)O1. The summed E-state index contributed by atoms with van der Waals surface area (Å²) in [7, 11) is 0. The van der Waals surface area contributed by atoms with Crippen LogP contribution in [0.2, 0.25) is 0 Å². The predicted octanol–water partition coefficient (Wildman–Crippen LogP) is 1.53. The third-order valence-corrected chi connectivity index (χ3v) is 3.98. The van der Waals surface area contributed by atoms with E-state index in [1.165, 1.54) is 0 Å². The van der Waals surface area contributed by atoms with Crippen LogP contribution in [0.25, 0.3) is 0 Å². The first-order chi connectivity index (χ1) is 11.3. The standard InChI is InChI=1S/C17H25N3O4/c1-10(2)15(17(22)23)19-16(21)14-7-13(5-6-18-14)20-8-11(3)24-12(4)9-20/h5-7,10-12,15H,8-9H2,1-4H3,(H,19,21)(H,22,23)/t11?,12?,15-/m0/s1. The lowest BCUT2D eigenvalue weighted by Gasteiger charge is -2.36. The Bertz CT molecular complexity index is 595. The van der Waals surface area contributed by atoms with Crippen molar-refractivity contribution in [3.8, 4) is 0 Å². The fraction of sp³-hybridized carbons (Fsp3) is 0.588. The quantitative estimate of drug-likeness (QED) is 0.848. The Labute approximate surface area is 142 Å². The van der Waals surface area contributed by atoms with Crippen LogP contribution < -0.4 is 10.2 Å². The zero-order valence-electron chi connectivity index (χ0n) is 14.5. The molecule has 2 unspecified atom stereocenters. The van der Waals surface area contributed by atoms with Crippen LogP contribution in [0, 0.1) is 5.92 Å². The van der Waals surface area contributed by atoms with E-state index in [-0.39, 0.29) is 23.8 Å². The van der Waals surface area contributed by atoms with Gasteiger partial charge in [0.1, 0.15) is 11.7 Å². The van der Waals surface area contributed by atoms with E-state index in [9.17, 15) is 14.7 Å². The fourth-order valence-corrected chi connectivity index (χ4v) is 2.86. The van der Waals surface area contributed by atoms with Gasteiger partial charge in [0.05, 0.1) is 12.2 Å². The molecule has 1 aromatic rings. The second kappa shape index (κ2) is 7.61. The minimum Gasteiger partial charge on any atom is -0.480 e. The maximum Gasteiger partial charge on any atom is 0.326 e. The molecule has 1 fully saturated rings. The lowest BCUT2D eigenvalue weighted by molar-refractivity contribution is -0.140. The topological polar surface area (TPSA) is 91.8 Å². The van der Waals surface area contributed by atoms with Crippen LogP contribution in [0.1, 0.15) is 38.2 Å². The number of nitrogens with zero attached hydrogens (tertiary/aromatic N) is 2. The molecule has 1 aromatic heterocycles. The number of anilines is 1. The van der Waals surface area contributed by atoms with Gasteiger partial charge in [-0.3, -0.25) is 9.78 Å². The van der Waals surface area contributed by atoms with Gasteiger partial charge >= 0.3 is 5.97 Å². The molecular weight excluding hydrogens is 310 g/mol. The first-order valence-corrected chi connectivity index (χ1v) is 8.18. The largest absolute Gasteiger partial charge is 0.480 e. The van der Waals surface area contributed by atoms with Crippen LogP contribution >= 0.6 is 0 Å². The van der Waals surface area contributed by atoms with Crippen molar-refractivity contribution in [3.63, 3.8) is 0 Å². The van der Waals surface area contributed by atoms with Crippen molar-refractivity contribution in [2.75, 3.05) is 18.0 Å². The van der Waals surface area contributed by atoms with Crippen LogP contribution in [-0.4, -0.2) is 53.3 Å². The Balaban J connectivity index is 2.14. The number of hydrogen-bond acceptors (Lipinski definition) is 5. The number of aliphatic carboxylic acids is 1. The molecule has 3 atom stereocenters. The third-order valence-electron chi connectivity index (χ3n) is 3.98. The van der Waals surface area contributed by atoms with E-state index in [2.05, 4.69) is 15.2 Å². The van der Waals surface area contributed by atoms with Crippen molar-refractivity contribution in [2.24, 2.45) is 5.92 Å². The molecule has 0 aliphatic carbocycles. The summed E-state index contributed by atoms with van der Waals surface area (Å²) in [6.45, 7) is 8.99. The Kier molecular flexibility index (Phi) is 5.77. The maximum absolute atomic E-state index is 12.3. The number of hydrogen-bond donors (Lipinski definition) is 2. The smallest absolute Gasteiger partial charge is 0.326 e. The van der Waals surface area contributed by atoms with E-state index in [1.54, 1.807) is 26.1 Å². The van der Waals surface area contributed by atoms with E-state index in [4.69, 9.17) is 4.74 Å². The van der Waals surface area contributed by atoms with E-state index >= 15 is 0 Å². The number of pyridine rings is 1. The number of rotatable bonds is 5. The van der Waals surface area contributed by atoms with Gasteiger partial charge in [-0.2, -0.15) is 0 Å². The number of carboxylic acid groups (broad SMARTS) is 1. The summed E-state index contributed by atoms with van der Waals surface area (Å²) in [5.41, 5.74) is 1.10. The minimum absolute atomic E-state index is 0.108. The molecular formula is C17H25N3O4. The molecule has 24 heavy (non-hydrogen) atoms. The second-order valence-electron chi connectivity index (χ2n) is 6.59. The number of carboxylic acids is 1. The van der Waals surface area contributed by atoms with Crippen LogP contribution in [0.3, 0.4) is 0 Å². The van der Waals surface area contributed by atoms with Gasteiger partial charge in [-0.15, -0.1) is 0 Å². The minimum atomic E-state index is -1.05. The van der Waals surface area contributed by atoms with Gasteiger partial charge < -0.3 is 20.1 Å². The summed E-state index contributed by atoms with van der Waals surface area (Å²) < 4.78 is 5.72. The molecule has 1 aliphatic heterocycles. The summed E-state index contributed by atoms with van der Waals surface area (Å²) >= 11 is 0. The van der Waals surface area contributed by atoms with Crippen LogP contribution in [0.15, 0.2) is 18.3 Å². The highest BCUT2D eigenvalue weighted by Gasteiger charge is 2.26. The Morgan fingerprint density at radius 3 is 2.50 bits per heavy atom. The summed E-state index contributed by atoms with van der Waals surface area (Å²) in [6.07, 6.45) is 1.79. The number of carbonyl (C=O) groups is 2. The van der Waals surface area contributed by atoms with Gasteiger partial charge in [0, 0.05) is 25.0 Å². The third kappa shape index (κ3) is 4.44. The van der Waals surface area contributed by atoms with Gasteiger partial charge in [0.25, 0.3) is 5.91 Å². The fourth-order valence-electron chi connectivity index (χ4n) is 2.86. The molecule has 0 spiro atoms. The molecule has 1 aliphatic rings. The summed E-state index contributed by atoms with van der Waals surface area (Å²) in [5, 5.41) is 11.7. The number of amides is 1. The zero-order chi connectivity index (χ0) is 17.9. The van der Waals surface area contributed by atoms with Gasteiger partial charge in [-0.05, 0) is 31.9 Å². The van der Waals surface area contributed by atoms with Crippen molar-refractivity contribution in [2.45, 2.75) is 45.9 Å². The van der Waals surface area contributed by atoms with E-state index in [1.807, 2.05) is 19.9 Å². The highest BCUT2D eigenvalue weighted by Crippen LogP contribution is 2.20. The maximum atomic E-state index is 12.3. The van der Waals surface area contributed by atoms with Crippen molar-refractivity contribution in [1.29, 1.82) is 0 Å². The van der Waals surface area contributed by atoms with Crippen LogP contribution in [0.5, 0.6) is 0 Å². The number of ether oxygens (including phenoxy) is 1. The van der Waals surface area contributed by atoms with Crippen LogP contribution in [-0.2, 0) is 9.53 Å². The zero-order valence-corrected chi connectivity index (χ0v) is 14.5. The van der Waals surface area contributed by atoms with Crippen molar-refractivity contribution in [1.82, 2.24) is 10.3 Å². The lowest BCUT2D eigenvalue weighted by Crippen LogP contribution is -2.46. The molecule has 0 saturated carbocycles. The first kappa shape index (κ1) is 18.2. The molecule has 2 rings (SSSR count). The average Bonchev–Trinajstić information content (AvgIpc) is 2.51. The van der Waals surface area contributed by atoms with Gasteiger partial charge in [-0.1, -0.05) is 13.8 Å². The summed E-state index contributed by atoms with van der Waals surface area (Å²) in [4.78, 5) is 29.8. The molecule has 1 saturated heterocycles. The van der Waals surface area contributed by atoms with E-state index < -0.39 is 17.9 Å². The highest BCUT2D eigenvalue weighted by atomic mass is 16.5. The molecule has 7 heteroatoms. The number of aromatic nitrogens is 1. The molecule has 2 heterocycles. The molecule has 0 bridgehead atoms. The molecule has 1 amide bonds. The Hall–Kier alpha value is -2.15. The normalized spacial score (nSPS) is 22.3. The molecule has 132 valence electrons. The lowest BCUT2D eigenvalue weighted by atomic mass is 10.0. The number of morpholine rings is 1. The predicted molar refractivity (Wildman–Crippen MR) is 90.2 cm³/mol. The van der Waals surface area contributed by atoms with Crippen molar-refractivity contribution >= 4 is 17.6 Å². The van der Waals surface area contributed by atoms with Crippen molar-refractivity contribution < 1.29 is 19.4 Å². The Morgan fingerprint density at radius 1 is 1.33 bits per heavy atom. The van der Waals surface area contributed by atoms with Gasteiger partial charge in [0.2, 0.25) is 0 Å². The molecule has 2 N–H and O–H groups in total. The molecule has 0 radical (unpaired) electrons. The number of carbonyl (C=O) groups excluding carboxylic acids is 1. The van der Waals surface area contributed by atoms with E-state index in [0.717, 1.165) is 18.8 Å². The van der Waals surface area contributed by atoms with Gasteiger partial charge in [0.15, 0.2) is 0 Å². The van der Waals surface area contributed by atoms with Crippen molar-refractivity contribution in [3.05, 3.63) is 24.0 Å². The molecule has 7 nitrogen and oxygen atoms in total. The van der Waals surface area contributed by atoms with Crippen LogP contribution in [0.4, 0.5) is 5.69 Å². The summed E-state index contributed by atoms with van der Waals surface area (Å²) in [6, 6.07) is 2.60. The monoisotopic (exact) mass is 335 g/mol. The highest BCUT2D eigenvalue weighted by molar-refractivity contribution is 5.95.